The van der Waals surface area contributed by atoms with E-state index >= 15 is 0 Å². The van der Waals surface area contributed by atoms with Crippen LogP contribution in [-0.4, -0.2) is 44.8 Å². The molecule has 0 saturated carbocycles. The first kappa shape index (κ1) is 23.8. The van der Waals surface area contributed by atoms with Crippen LogP contribution in [0.5, 0.6) is 11.5 Å². The molecule has 2 N–H and O–H groups in total. The normalized spacial score (nSPS) is 13.0. The highest BCUT2D eigenvalue weighted by Gasteiger charge is 2.14. The van der Waals surface area contributed by atoms with Gasteiger partial charge in [0.2, 0.25) is 0 Å². The topological polar surface area (TPSA) is 92.3 Å². The molecule has 0 spiro atoms. The van der Waals surface area contributed by atoms with Gasteiger partial charge in [-0.15, -0.1) is 0 Å². The van der Waals surface area contributed by atoms with Crippen molar-refractivity contribution in [1.29, 1.82) is 0 Å². The van der Waals surface area contributed by atoms with E-state index in [2.05, 4.69) is 20.7 Å². The largest absolute Gasteiger partial charge is 0.493 e. The SMILES string of the molecule is COc1cccc(/C=N\NC(=O)c2ccc(N3CCCC3)cc2)c1OCC(=O)Nc1ccccc1. The van der Waals surface area contributed by atoms with Gasteiger partial charge in [0.1, 0.15) is 0 Å². The molecule has 1 heterocycles. The molecule has 0 aliphatic carbocycles. The number of benzene rings is 3. The molecule has 3 aromatic rings. The molecule has 35 heavy (non-hydrogen) atoms. The van der Waals surface area contributed by atoms with E-state index in [4.69, 9.17) is 9.47 Å². The monoisotopic (exact) mass is 472 g/mol. The Balaban J connectivity index is 1.37. The summed E-state index contributed by atoms with van der Waals surface area (Å²) in [6.45, 7) is 1.88. The van der Waals surface area contributed by atoms with Crippen LogP contribution in [0.2, 0.25) is 0 Å². The highest BCUT2D eigenvalue weighted by molar-refractivity contribution is 5.96. The fourth-order valence-corrected chi connectivity index (χ4v) is 3.83. The Morgan fingerprint density at radius 2 is 1.71 bits per heavy atom. The van der Waals surface area contributed by atoms with Gasteiger partial charge in [0, 0.05) is 35.6 Å². The van der Waals surface area contributed by atoms with E-state index in [1.54, 1.807) is 42.5 Å². The average molecular weight is 473 g/mol. The summed E-state index contributed by atoms with van der Waals surface area (Å²) >= 11 is 0. The van der Waals surface area contributed by atoms with Gasteiger partial charge in [0.05, 0.1) is 13.3 Å². The second kappa shape index (κ2) is 11.7. The summed E-state index contributed by atoms with van der Waals surface area (Å²) in [7, 11) is 1.51. The number of anilines is 2. The van der Waals surface area contributed by atoms with Crippen LogP contribution in [0.25, 0.3) is 0 Å². The van der Waals surface area contributed by atoms with Gasteiger partial charge in [0.15, 0.2) is 18.1 Å². The molecule has 0 unspecified atom stereocenters. The van der Waals surface area contributed by atoms with Crippen molar-refractivity contribution < 1.29 is 19.1 Å². The molecule has 8 nitrogen and oxygen atoms in total. The maximum absolute atomic E-state index is 12.5. The van der Waals surface area contributed by atoms with Gasteiger partial charge >= 0.3 is 0 Å². The minimum atomic E-state index is -0.318. The first-order chi connectivity index (χ1) is 17.1. The number of nitrogens with one attached hydrogen (secondary N) is 2. The molecule has 1 aliphatic rings. The summed E-state index contributed by atoms with van der Waals surface area (Å²) < 4.78 is 11.1. The summed E-state index contributed by atoms with van der Waals surface area (Å²) in [6, 6.07) is 21.9. The molecule has 3 aromatic carbocycles. The summed E-state index contributed by atoms with van der Waals surface area (Å²) in [6.07, 6.45) is 3.86. The summed E-state index contributed by atoms with van der Waals surface area (Å²) in [5.41, 5.74) is 5.42. The minimum Gasteiger partial charge on any atom is -0.493 e. The number of para-hydroxylation sites is 2. The molecule has 4 rings (SSSR count). The fraction of sp³-hybridized carbons (Fsp3) is 0.222. The van der Waals surface area contributed by atoms with E-state index in [9.17, 15) is 9.59 Å². The average Bonchev–Trinajstić information content (AvgIpc) is 3.43. The van der Waals surface area contributed by atoms with Crippen molar-refractivity contribution in [3.63, 3.8) is 0 Å². The molecule has 0 radical (unpaired) electrons. The number of carbonyl (C=O) groups excluding carboxylic acids is 2. The van der Waals surface area contributed by atoms with E-state index in [1.165, 1.54) is 26.2 Å². The quantitative estimate of drug-likeness (QED) is 0.362. The van der Waals surface area contributed by atoms with Crippen molar-refractivity contribution in [3.8, 4) is 11.5 Å². The molecule has 0 bridgehead atoms. The van der Waals surface area contributed by atoms with Gasteiger partial charge in [-0.25, -0.2) is 5.43 Å². The fourth-order valence-electron chi connectivity index (χ4n) is 3.83. The van der Waals surface area contributed by atoms with Crippen molar-refractivity contribution in [2.24, 2.45) is 5.10 Å². The Hall–Kier alpha value is -4.33. The van der Waals surface area contributed by atoms with Gasteiger partial charge in [0.25, 0.3) is 11.8 Å². The zero-order chi connectivity index (χ0) is 24.5. The molecule has 1 saturated heterocycles. The standard InChI is InChI=1S/C27H28N4O4/c1-34-24-11-7-8-21(26(24)35-19-25(32)29-22-9-3-2-4-10-22)18-28-30-27(33)20-12-14-23(15-13-20)31-16-5-6-17-31/h2-4,7-15,18H,5-6,16-17,19H2,1H3,(H,29,32)(H,30,33)/b28-18-. The molecule has 8 heteroatoms. The Bertz CT molecular complexity index is 1170. The first-order valence-corrected chi connectivity index (χ1v) is 11.5. The van der Waals surface area contributed by atoms with Crippen LogP contribution >= 0.6 is 0 Å². The van der Waals surface area contributed by atoms with Crippen LogP contribution in [0, 0.1) is 0 Å². The second-order valence-electron chi connectivity index (χ2n) is 8.02. The lowest BCUT2D eigenvalue weighted by molar-refractivity contribution is -0.118. The molecule has 1 aliphatic heterocycles. The predicted molar refractivity (Wildman–Crippen MR) is 137 cm³/mol. The Morgan fingerprint density at radius 1 is 0.971 bits per heavy atom. The number of ether oxygens (including phenoxy) is 2. The maximum Gasteiger partial charge on any atom is 0.271 e. The molecule has 180 valence electrons. The van der Waals surface area contributed by atoms with Crippen molar-refractivity contribution in [2.75, 3.05) is 37.0 Å². The third-order valence-electron chi connectivity index (χ3n) is 5.60. The Labute approximate surface area is 204 Å². The van der Waals surface area contributed by atoms with Gasteiger partial charge in [-0.1, -0.05) is 24.3 Å². The zero-order valence-corrected chi connectivity index (χ0v) is 19.6. The molecular formula is C27H28N4O4. The van der Waals surface area contributed by atoms with Crippen LogP contribution in [0.3, 0.4) is 0 Å². The van der Waals surface area contributed by atoms with E-state index in [1.807, 2.05) is 30.3 Å². The number of hydrazone groups is 1. The molecule has 1 fully saturated rings. The van der Waals surface area contributed by atoms with Gasteiger partial charge in [-0.2, -0.15) is 5.10 Å². The van der Waals surface area contributed by atoms with Crippen molar-refractivity contribution in [2.45, 2.75) is 12.8 Å². The minimum absolute atomic E-state index is 0.216. The number of amides is 2. The van der Waals surface area contributed by atoms with Crippen LogP contribution in [0.4, 0.5) is 11.4 Å². The van der Waals surface area contributed by atoms with Gasteiger partial charge < -0.3 is 19.7 Å². The second-order valence-corrected chi connectivity index (χ2v) is 8.02. The van der Waals surface area contributed by atoms with Crippen molar-refractivity contribution in [3.05, 3.63) is 83.9 Å². The van der Waals surface area contributed by atoms with Crippen LogP contribution in [0.15, 0.2) is 77.9 Å². The molecule has 2 amide bonds. The van der Waals surface area contributed by atoms with E-state index in [-0.39, 0.29) is 18.4 Å². The number of nitrogens with zero attached hydrogens (tertiary/aromatic N) is 2. The molecule has 0 atom stereocenters. The number of rotatable bonds is 9. The number of carbonyl (C=O) groups is 2. The highest BCUT2D eigenvalue weighted by atomic mass is 16.5. The lowest BCUT2D eigenvalue weighted by Crippen LogP contribution is -2.21. The summed E-state index contributed by atoms with van der Waals surface area (Å²) in [4.78, 5) is 27.1. The van der Waals surface area contributed by atoms with E-state index in [0.29, 0.717) is 28.3 Å². The van der Waals surface area contributed by atoms with Crippen LogP contribution in [0.1, 0.15) is 28.8 Å². The number of hydrogen-bond donors (Lipinski definition) is 2. The smallest absolute Gasteiger partial charge is 0.271 e. The first-order valence-electron chi connectivity index (χ1n) is 11.5. The van der Waals surface area contributed by atoms with Crippen LogP contribution in [-0.2, 0) is 4.79 Å². The van der Waals surface area contributed by atoms with Crippen LogP contribution < -0.4 is 25.1 Å². The highest BCUT2D eigenvalue weighted by Crippen LogP contribution is 2.30. The van der Waals surface area contributed by atoms with Crippen molar-refractivity contribution >= 4 is 29.4 Å². The van der Waals surface area contributed by atoms with Gasteiger partial charge in [-0.05, 0) is 61.4 Å². The van der Waals surface area contributed by atoms with Crippen molar-refractivity contribution in [1.82, 2.24) is 5.43 Å². The predicted octanol–water partition coefficient (Wildman–Crippen LogP) is 4.08. The van der Waals surface area contributed by atoms with E-state index < -0.39 is 0 Å². The third kappa shape index (κ3) is 6.38. The van der Waals surface area contributed by atoms with E-state index in [0.717, 1.165) is 18.8 Å². The summed E-state index contributed by atoms with van der Waals surface area (Å²) in [5, 5.41) is 6.85. The third-order valence-corrected chi connectivity index (χ3v) is 5.60. The summed E-state index contributed by atoms with van der Waals surface area (Å²) in [5.74, 6) is 0.175. The molecular weight excluding hydrogens is 444 g/mol. The number of hydrogen-bond acceptors (Lipinski definition) is 6. The maximum atomic E-state index is 12.5. The lowest BCUT2D eigenvalue weighted by atomic mass is 10.2. The number of methoxy groups -OCH3 is 1. The Morgan fingerprint density at radius 3 is 2.43 bits per heavy atom. The zero-order valence-electron chi connectivity index (χ0n) is 19.6. The van der Waals surface area contributed by atoms with Gasteiger partial charge in [-0.3, -0.25) is 9.59 Å². The molecule has 0 aromatic heterocycles. The Kier molecular flexibility index (Phi) is 7.96. The lowest BCUT2D eigenvalue weighted by Gasteiger charge is -2.17.